The highest BCUT2D eigenvalue weighted by Gasteiger charge is 2.09. The van der Waals surface area contributed by atoms with Crippen LogP contribution in [0, 0.1) is 0 Å². The monoisotopic (exact) mass is 246 g/mol. The molecule has 0 unspecified atom stereocenters. The Kier molecular flexibility index (Phi) is 4.26. The summed E-state index contributed by atoms with van der Waals surface area (Å²) in [6.45, 7) is 4.45. The molecule has 2 rings (SSSR count). The first kappa shape index (κ1) is 13.0. The Morgan fingerprint density at radius 3 is 2.83 bits per heavy atom. The van der Waals surface area contributed by atoms with E-state index in [0.29, 0.717) is 0 Å². The Labute approximate surface area is 109 Å². The topological polar surface area (TPSA) is 28.3 Å². The number of likely N-dealkylation sites (N-methyl/N-ethyl adjacent to an activating group) is 1. The number of nitrogens with zero attached hydrogens (tertiary/aromatic N) is 1. The van der Waals surface area contributed by atoms with Gasteiger partial charge in [0, 0.05) is 23.6 Å². The molecule has 3 nitrogen and oxygen atoms in total. The van der Waals surface area contributed by atoms with Crippen LogP contribution in [0.15, 0.2) is 24.4 Å². The van der Waals surface area contributed by atoms with Crippen molar-refractivity contribution >= 4 is 10.9 Å². The SMILES string of the molecule is CCCN(C)CCc1c[nH]c2cccc(OC)c12. The molecule has 98 valence electrons. The number of hydrogen-bond donors (Lipinski definition) is 1. The summed E-state index contributed by atoms with van der Waals surface area (Å²) in [5, 5.41) is 1.23. The average molecular weight is 246 g/mol. The lowest BCUT2D eigenvalue weighted by molar-refractivity contribution is 0.339. The number of nitrogens with one attached hydrogen (secondary N) is 1. The minimum atomic E-state index is 0.960. The van der Waals surface area contributed by atoms with Crippen molar-refractivity contribution in [2.45, 2.75) is 19.8 Å². The van der Waals surface area contributed by atoms with Gasteiger partial charge in [0.2, 0.25) is 0 Å². The van der Waals surface area contributed by atoms with Gasteiger partial charge in [0.25, 0.3) is 0 Å². The third-order valence-corrected chi connectivity index (χ3v) is 3.34. The van der Waals surface area contributed by atoms with Gasteiger partial charge < -0.3 is 14.6 Å². The van der Waals surface area contributed by atoms with Crippen LogP contribution in [-0.4, -0.2) is 37.1 Å². The standard InChI is InChI=1S/C15H22N2O/c1-4-9-17(2)10-8-12-11-16-13-6-5-7-14(18-3)15(12)13/h5-7,11,16H,4,8-10H2,1-3H3. The number of ether oxygens (including phenoxy) is 1. The molecular weight excluding hydrogens is 224 g/mol. The maximum Gasteiger partial charge on any atom is 0.128 e. The van der Waals surface area contributed by atoms with Crippen LogP contribution in [0.5, 0.6) is 5.75 Å². The summed E-state index contributed by atoms with van der Waals surface area (Å²) >= 11 is 0. The number of methoxy groups -OCH3 is 1. The van der Waals surface area contributed by atoms with Crippen molar-refractivity contribution in [3.63, 3.8) is 0 Å². The number of fused-ring (bicyclic) bond motifs is 1. The van der Waals surface area contributed by atoms with Crippen LogP contribution < -0.4 is 4.74 Å². The molecule has 3 heteroatoms. The molecule has 0 aliphatic carbocycles. The van der Waals surface area contributed by atoms with Gasteiger partial charge in [-0.1, -0.05) is 13.0 Å². The first-order valence-electron chi connectivity index (χ1n) is 6.57. The van der Waals surface area contributed by atoms with Crippen molar-refractivity contribution in [3.05, 3.63) is 30.0 Å². The zero-order valence-electron chi connectivity index (χ0n) is 11.5. The molecular formula is C15H22N2O. The van der Waals surface area contributed by atoms with Crippen LogP contribution in [-0.2, 0) is 6.42 Å². The summed E-state index contributed by atoms with van der Waals surface area (Å²) in [5.41, 5.74) is 2.49. The maximum absolute atomic E-state index is 5.45. The molecule has 1 N–H and O–H groups in total. The summed E-state index contributed by atoms with van der Waals surface area (Å²) in [7, 11) is 3.91. The number of rotatable bonds is 6. The van der Waals surface area contributed by atoms with Gasteiger partial charge in [0.05, 0.1) is 7.11 Å². The van der Waals surface area contributed by atoms with Crippen molar-refractivity contribution in [1.29, 1.82) is 0 Å². The number of hydrogen-bond acceptors (Lipinski definition) is 2. The highest BCUT2D eigenvalue weighted by molar-refractivity contribution is 5.89. The molecule has 0 saturated carbocycles. The third-order valence-electron chi connectivity index (χ3n) is 3.34. The molecule has 0 radical (unpaired) electrons. The number of aromatic amines is 1. The van der Waals surface area contributed by atoms with Gasteiger partial charge in [0.15, 0.2) is 0 Å². The van der Waals surface area contributed by atoms with Crippen molar-refractivity contribution < 1.29 is 4.74 Å². The Morgan fingerprint density at radius 2 is 2.11 bits per heavy atom. The van der Waals surface area contributed by atoms with E-state index in [1.165, 1.54) is 17.4 Å². The lowest BCUT2D eigenvalue weighted by atomic mass is 10.1. The highest BCUT2D eigenvalue weighted by atomic mass is 16.5. The van der Waals surface area contributed by atoms with Gasteiger partial charge in [-0.2, -0.15) is 0 Å². The fourth-order valence-corrected chi connectivity index (χ4v) is 2.39. The smallest absolute Gasteiger partial charge is 0.128 e. The molecule has 0 atom stereocenters. The largest absolute Gasteiger partial charge is 0.496 e. The lowest BCUT2D eigenvalue weighted by Crippen LogP contribution is -2.21. The molecule has 1 heterocycles. The second-order valence-electron chi connectivity index (χ2n) is 4.75. The van der Waals surface area contributed by atoms with Crippen LogP contribution in [0.3, 0.4) is 0 Å². The van der Waals surface area contributed by atoms with Crippen LogP contribution in [0.25, 0.3) is 10.9 Å². The first-order chi connectivity index (χ1) is 8.76. The Morgan fingerprint density at radius 1 is 1.28 bits per heavy atom. The summed E-state index contributed by atoms with van der Waals surface area (Å²) < 4.78 is 5.45. The fourth-order valence-electron chi connectivity index (χ4n) is 2.39. The molecule has 0 spiro atoms. The molecule has 18 heavy (non-hydrogen) atoms. The van der Waals surface area contributed by atoms with Gasteiger partial charge in [-0.25, -0.2) is 0 Å². The first-order valence-corrected chi connectivity index (χ1v) is 6.57. The normalized spacial score (nSPS) is 11.3. The van der Waals surface area contributed by atoms with E-state index in [2.05, 4.69) is 36.1 Å². The molecule has 0 bridgehead atoms. The molecule has 1 aromatic carbocycles. The van der Waals surface area contributed by atoms with Crippen molar-refractivity contribution in [3.8, 4) is 5.75 Å². The minimum absolute atomic E-state index is 0.960. The number of aromatic nitrogens is 1. The second kappa shape index (κ2) is 5.91. The molecule has 0 amide bonds. The van der Waals surface area contributed by atoms with E-state index in [1.807, 2.05) is 12.1 Å². The quantitative estimate of drug-likeness (QED) is 0.848. The minimum Gasteiger partial charge on any atom is -0.496 e. The van der Waals surface area contributed by atoms with E-state index in [9.17, 15) is 0 Å². The van der Waals surface area contributed by atoms with Gasteiger partial charge in [-0.3, -0.25) is 0 Å². The highest BCUT2D eigenvalue weighted by Crippen LogP contribution is 2.28. The molecule has 0 aliphatic rings. The van der Waals surface area contributed by atoms with Crippen LogP contribution in [0.2, 0.25) is 0 Å². The summed E-state index contributed by atoms with van der Waals surface area (Å²) in [6, 6.07) is 6.14. The molecule has 0 saturated heterocycles. The summed E-state index contributed by atoms with van der Waals surface area (Å²) in [6.07, 6.45) is 4.36. The molecule has 0 aliphatic heterocycles. The second-order valence-corrected chi connectivity index (χ2v) is 4.75. The van der Waals surface area contributed by atoms with Gasteiger partial charge in [0.1, 0.15) is 5.75 Å². The van der Waals surface area contributed by atoms with E-state index in [1.54, 1.807) is 7.11 Å². The van der Waals surface area contributed by atoms with Crippen molar-refractivity contribution in [1.82, 2.24) is 9.88 Å². The zero-order chi connectivity index (χ0) is 13.0. The van der Waals surface area contributed by atoms with E-state index < -0.39 is 0 Å². The summed E-state index contributed by atoms with van der Waals surface area (Å²) in [5.74, 6) is 0.960. The average Bonchev–Trinajstić information content (AvgIpc) is 2.80. The van der Waals surface area contributed by atoms with Crippen LogP contribution in [0.1, 0.15) is 18.9 Å². The number of benzene rings is 1. The fraction of sp³-hybridized carbons (Fsp3) is 0.467. The van der Waals surface area contributed by atoms with Gasteiger partial charge in [-0.05, 0) is 44.1 Å². The van der Waals surface area contributed by atoms with Gasteiger partial charge >= 0.3 is 0 Å². The third kappa shape index (κ3) is 2.67. The van der Waals surface area contributed by atoms with Crippen molar-refractivity contribution in [2.24, 2.45) is 0 Å². The number of H-pyrrole nitrogens is 1. The lowest BCUT2D eigenvalue weighted by Gasteiger charge is -2.15. The molecule has 2 aromatic rings. The summed E-state index contributed by atoms with van der Waals surface area (Å²) in [4.78, 5) is 5.69. The van der Waals surface area contributed by atoms with Crippen molar-refractivity contribution in [2.75, 3.05) is 27.2 Å². The predicted molar refractivity (Wildman–Crippen MR) is 76.3 cm³/mol. The molecule has 0 fully saturated rings. The van der Waals surface area contributed by atoms with E-state index in [0.717, 1.165) is 30.8 Å². The molecule has 1 aromatic heterocycles. The van der Waals surface area contributed by atoms with Crippen LogP contribution >= 0.6 is 0 Å². The van der Waals surface area contributed by atoms with Crippen LogP contribution in [0.4, 0.5) is 0 Å². The zero-order valence-corrected chi connectivity index (χ0v) is 11.5. The predicted octanol–water partition coefficient (Wildman–Crippen LogP) is 3.06. The van der Waals surface area contributed by atoms with Gasteiger partial charge in [-0.15, -0.1) is 0 Å². The maximum atomic E-state index is 5.45. The Bertz CT molecular complexity index is 504. The van der Waals surface area contributed by atoms with E-state index in [4.69, 9.17) is 4.74 Å². The Balaban J connectivity index is 2.18. The van der Waals surface area contributed by atoms with E-state index in [-0.39, 0.29) is 0 Å². The Hall–Kier alpha value is -1.48. The van der Waals surface area contributed by atoms with E-state index >= 15 is 0 Å².